The van der Waals surface area contributed by atoms with E-state index in [9.17, 15) is 0 Å². The van der Waals surface area contributed by atoms with Gasteiger partial charge in [0.15, 0.2) is 0 Å². The molecule has 2 aliphatic carbocycles. The fourth-order valence-corrected chi connectivity index (χ4v) is 11.2. The molecule has 62 heavy (non-hydrogen) atoms. The molecule has 0 heteroatoms. The summed E-state index contributed by atoms with van der Waals surface area (Å²) in [5, 5.41) is 5.08. The zero-order valence-corrected chi connectivity index (χ0v) is 35.4. The number of hydrogen-bond donors (Lipinski definition) is 0. The molecule has 1 atom stereocenters. The highest BCUT2D eigenvalue weighted by atomic mass is 14.5. The largest absolute Gasteiger partial charge is 0.0713 e. The van der Waals surface area contributed by atoms with Gasteiger partial charge < -0.3 is 0 Å². The molecule has 0 heterocycles. The van der Waals surface area contributed by atoms with Crippen LogP contribution in [0.4, 0.5) is 0 Å². The van der Waals surface area contributed by atoms with Crippen LogP contribution in [0, 0.1) is 6.92 Å². The van der Waals surface area contributed by atoms with E-state index in [1.54, 1.807) is 0 Å². The van der Waals surface area contributed by atoms with E-state index in [1.807, 2.05) is 0 Å². The Labute approximate surface area is 364 Å². The van der Waals surface area contributed by atoms with E-state index in [0.29, 0.717) is 0 Å². The quantitative estimate of drug-likeness (QED) is 0.157. The van der Waals surface area contributed by atoms with Gasteiger partial charge in [0.25, 0.3) is 0 Å². The lowest BCUT2D eigenvalue weighted by molar-refractivity contribution is 0.660. The minimum atomic E-state index is -0.486. The summed E-state index contributed by atoms with van der Waals surface area (Å²) < 4.78 is 0. The van der Waals surface area contributed by atoms with Gasteiger partial charge >= 0.3 is 0 Å². The molecular formula is C62H46. The van der Waals surface area contributed by atoms with Crippen LogP contribution in [0.25, 0.3) is 66.1 Å². The summed E-state index contributed by atoms with van der Waals surface area (Å²) in [7, 11) is 0. The molecule has 0 nitrogen and oxygen atoms in total. The Kier molecular flexibility index (Phi) is 8.18. The molecule has 0 saturated heterocycles. The maximum atomic E-state index is 2.48. The summed E-state index contributed by atoms with van der Waals surface area (Å²) >= 11 is 0. The molecule has 0 N–H and O–H groups in total. The Bertz CT molecular complexity index is 3420. The first-order chi connectivity index (χ1) is 30.4. The monoisotopic (exact) mass is 790 g/mol. The predicted octanol–water partition coefficient (Wildman–Crippen LogP) is 15.9. The third kappa shape index (κ3) is 5.53. The summed E-state index contributed by atoms with van der Waals surface area (Å²) in [6.07, 6.45) is 0.847. The second kappa shape index (κ2) is 13.9. The van der Waals surface area contributed by atoms with Crippen LogP contribution in [-0.2, 0) is 17.3 Å². The first-order valence-corrected chi connectivity index (χ1v) is 22.0. The average Bonchev–Trinajstić information content (AvgIpc) is 3.74. The van der Waals surface area contributed by atoms with Crippen LogP contribution in [0.3, 0.4) is 0 Å². The van der Waals surface area contributed by atoms with E-state index >= 15 is 0 Å². The fourth-order valence-electron chi connectivity index (χ4n) is 11.2. The number of rotatable bonds is 6. The zero-order valence-electron chi connectivity index (χ0n) is 35.4. The van der Waals surface area contributed by atoms with Crippen molar-refractivity contribution in [3.63, 3.8) is 0 Å². The second-order valence-electron chi connectivity index (χ2n) is 18.2. The smallest absolute Gasteiger partial charge is 0.0622 e. The van der Waals surface area contributed by atoms with Crippen molar-refractivity contribution in [2.45, 2.75) is 38.0 Å². The summed E-state index contributed by atoms with van der Waals surface area (Å²) in [6.45, 7) is 6.88. The lowest BCUT2D eigenvalue weighted by Crippen LogP contribution is -2.28. The SMILES string of the molecule is Cc1ccc2cc(-c3ccc4c(c3)C(c3ccccc3)(c3cccc(Cc5ccc6cc(-c7cccc8c7-c7ccccc7C8(C)C)ccc6c5)c3)c3ccccc3-4)ccc2c1. The van der Waals surface area contributed by atoms with Gasteiger partial charge in [0, 0.05) is 5.41 Å². The molecule has 0 amide bonds. The topological polar surface area (TPSA) is 0 Å². The predicted molar refractivity (Wildman–Crippen MR) is 261 cm³/mol. The standard InChI is InChI=1S/C62H46/c1-40-23-25-45-37-47(28-27-43(45)33-40)48-31-32-54-53-17-7-10-21-57(53)62(59(54)39-48,50-14-5-4-6-15-50)51-16-11-13-41(36-51)34-42-24-26-46-38-49(30-29-44(46)35-42)52-19-12-22-58-60(52)55-18-8-9-20-56(55)61(58,2)3/h4-33,35-39H,34H2,1-3H3. The van der Waals surface area contributed by atoms with Gasteiger partial charge in [0.2, 0.25) is 0 Å². The molecule has 0 bridgehead atoms. The molecule has 0 aliphatic heterocycles. The molecule has 294 valence electrons. The van der Waals surface area contributed by atoms with Crippen LogP contribution in [0.5, 0.6) is 0 Å². The van der Waals surface area contributed by atoms with Gasteiger partial charge in [-0.25, -0.2) is 0 Å². The molecular weight excluding hydrogens is 745 g/mol. The van der Waals surface area contributed by atoms with Crippen molar-refractivity contribution in [2.75, 3.05) is 0 Å². The van der Waals surface area contributed by atoms with E-state index in [4.69, 9.17) is 0 Å². The molecule has 1 unspecified atom stereocenters. The third-order valence-corrected chi connectivity index (χ3v) is 14.2. The minimum Gasteiger partial charge on any atom is -0.0622 e. The molecule has 0 aromatic heterocycles. The molecule has 10 aromatic carbocycles. The van der Waals surface area contributed by atoms with Crippen LogP contribution >= 0.6 is 0 Å². The first kappa shape index (κ1) is 36.6. The molecule has 0 fully saturated rings. The fraction of sp³-hybridized carbons (Fsp3) is 0.0968. The Balaban J connectivity index is 0.940. The van der Waals surface area contributed by atoms with Crippen molar-refractivity contribution in [2.24, 2.45) is 0 Å². The van der Waals surface area contributed by atoms with E-state index in [-0.39, 0.29) is 5.41 Å². The Morgan fingerprint density at radius 3 is 1.76 bits per heavy atom. The Morgan fingerprint density at radius 2 is 0.903 bits per heavy atom. The van der Waals surface area contributed by atoms with Gasteiger partial charge in [-0.1, -0.05) is 214 Å². The number of fused-ring (bicyclic) bond motifs is 8. The maximum absolute atomic E-state index is 2.48. The molecule has 2 aliphatic rings. The highest BCUT2D eigenvalue weighted by molar-refractivity contribution is 5.96. The maximum Gasteiger partial charge on any atom is 0.0713 e. The average molecular weight is 791 g/mol. The molecule has 0 radical (unpaired) electrons. The first-order valence-electron chi connectivity index (χ1n) is 22.0. The van der Waals surface area contributed by atoms with Gasteiger partial charge in [-0.05, 0) is 142 Å². The van der Waals surface area contributed by atoms with Crippen molar-refractivity contribution in [3.8, 4) is 44.5 Å². The van der Waals surface area contributed by atoms with E-state index in [2.05, 4.69) is 233 Å². The van der Waals surface area contributed by atoms with Gasteiger partial charge in [-0.2, -0.15) is 0 Å². The molecule has 10 aromatic rings. The summed E-state index contributed by atoms with van der Waals surface area (Å²) in [5.41, 5.74) is 21.9. The molecule has 12 rings (SSSR count). The van der Waals surface area contributed by atoms with Gasteiger partial charge in [0.05, 0.1) is 5.41 Å². The number of hydrogen-bond acceptors (Lipinski definition) is 0. The lowest BCUT2D eigenvalue weighted by atomic mass is 9.67. The minimum absolute atomic E-state index is 0.0174. The van der Waals surface area contributed by atoms with Crippen molar-refractivity contribution in [1.82, 2.24) is 0 Å². The van der Waals surface area contributed by atoms with Crippen LogP contribution in [-0.4, -0.2) is 0 Å². The summed E-state index contributed by atoms with van der Waals surface area (Å²) in [4.78, 5) is 0. The highest BCUT2D eigenvalue weighted by Gasteiger charge is 2.46. The second-order valence-corrected chi connectivity index (χ2v) is 18.2. The van der Waals surface area contributed by atoms with Crippen molar-refractivity contribution in [3.05, 3.63) is 262 Å². The number of aryl methyl sites for hydroxylation is 1. The van der Waals surface area contributed by atoms with E-state index < -0.39 is 5.41 Å². The van der Waals surface area contributed by atoms with Crippen LogP contribution in [0.2, 0.25) is 0 Å². The summed E-state index contributed by atoms with van der Waals surface area (Å²) in [5.74, 6) is 0. The zero-order chi connectivity index (χ0) is 41.6. The van der Waals surface area contributed by atoms with E-state index in [1.165, 1.54) is 116 Å². The van der Waals surface area contributed by atoms with Gasteiger partial charge in [0.1, 0.15) is 0 Å². The Morgan fingerprint density at radius 1 is 0.339 bits per heavy atom. The molecule has 0 spiro atoms. The van der Waals surface area contributed by atoms with E-state index in [0.717, 1.165) is 6.42 Å². The third-order valence-electron chi connectivity index (χ3n) is 14.2. The number of benzene rings is 10. The van der Waals surface area contributed by atoms with Gasteiger partial charge in [-0.3, -0.25) is 0 Å². The highest BCUT2D eigenvalue weighted by Crippen LogP contribution is 2.57. The van der Waals surface area contributed by atoms with Crippen molar-refractivity contribution >= 4 is 21.5 Å². The van der Waals surface area contributed by atoms with Crippen LogP contribution in [0.1, 0.15) is 63.9 Å². The summed E-state index contributed by atoms with van der Waals surface area (Å²) in [6, 6.07) is 80.3. The van der Waals surface area contributed by atoms with Crippen molar-refractivity contribution < 1.29 is 0 Å². The normalized spacial score (nSPS) is 15.6. The van der Waals surface area contributed by atoms with Crippen LogP contribution in [0.15, 0.2) is 212 Å². The van der Waals surface area contributed by atoms with Crippen LogP contribution < -0.4 is 0 Å². The Hall–Kier alpha value is -7.28. The molecule has 0 saturated carbocycles. The lowest BCUT2D eigenvalue weighted by Gasteiger charge is -2.34. The van der Waals surface area contributed by atoms with Gasteiger partial charge in [-0.15, -0.1) is 0 Å². The van der Waals surface area contributed by atoms with Crippen molar-refractivity contribution in [1.29, 1.82) is 0 Å².